The van der Waals surface area contributed by atoms with Crippen LogP contribution in [0.15, 0.2) is 84.2 Å². The average molecular weight is 560 g/mol. The Morgan fingerprint density at radius 1 is 1.10 bits per heavy atom. The molecule has 9 heteroatoms. The molecule has 1 saturated carbocycles. The van der Waals surface area contributed by atoms with Crippen LogP contribution in [0.1, 0.15) is 55.7 Å². The van der Waals surface area contributed by atoms with Gasteiger partial charge in [0, 0.05) is 48.8 Å². The van der Waals surface area contributed by atoms with Crippen LogP contribution in [0, 0.1) is 17.2 Å². The molecule has 0 amide bonds. The highest BCUT2D eigenvalue weighted by Crippen LogP contribution is 2.36. The Hall–Kier alpha value is -4.55. The number of anilines is 2. The lowest BCUT2D eigenvalue weighted by Crippen LogP contribution is -2.23. The predicted molar refractivity (Wildman–Crippen MR) is 165 cm³/mol. The van der Waals surface area contributed by atoms with E-state index in [-0.39, 0.29) is 12.1 Å². The van der Waals surface area contributed by atoms with E-state index < -0.39 is 0 Å². The third kappa shape index (κ3) is 6.67. The minimum atomic E-state index is 0.108. The van der Waals surface area contributed by atoms with E-state index in [0.717, 1.165) is 61.4 Å². The van der Waals surface area contributed by atoms with Crippen molar-refractivity contribution in [2.24, 2.45) is 16.6 Å². The standard InChI is InChI=1S/C33H37N9/c34-16-13-31(25-9-4-5-10-25)42-22-27(20-37-42)30-14-17-36-33(40-30)39-28-12-6-11-26(19-28)32(35)38-29-15-18-41(23-29)21-24-7-2-1-3-8-24/h1-3,6-8,11-12,14,17,19-20,22,25,29,31H,4-5,9-10,13,15,18,21,23H2,(H2,35,38)(H,36,39,40). The largest absolute Gasteiger partial charge is 0.383 e. The van der Waals surface area contributed by atoms with Crippen molar-refractivity contribution in [1.29, 1.82) is 5.26 Å². The summed E-state index contributed by atoms with van der Waals surface area (Å²) >= 11 is 0. The smallest absolute Gasteiger partial charge is 0.227 e. The van der Waals surface area contributed by atoms with Gasteiger partial charge in [-0.2, -0.15) is 10.4 Å². The summed E-state index contributed by atoms with van der Waals surface area (Å²) in [6.45, 7) is 2.86. The SMILES string of the molecule is N#CCC(C1CCCC1)n1cc(-c2ccnc(Nc3cccc(C(N)=NC4CCN(Cc5ccccc5)C4)c3)n2)cn1. The number of benzene rings is 2. The summed E-state index contributed by atoms with van der Waals surface area (Å²) in [4.78, 5) is 16.5. The third-order valence-electron chi connectivity index (χ3n) is 8.37. The van der Waals surface area contributed by atoms with Gasteiger partial charge in [0.05, 0.1) is 36.5 Å². The van der Waals surface area contributed by atoms with Crippen LogP contribution in [0.4, 0.5) is 11.6 Å². The first-order valence-corrected chi connectivity index (χ1v) is 14.9. The zero-order chi connectivity index (χ0) is 28.7. The second kappa shape index (κ2) is 13.0. The summed E-state index contributed by atoms with van der Waals surface area (Å²) in [5.74, 6) is 1.54. The number of amidine groups is 1. The first kappa shape index (κ1) is 27.6. The molecule has 1 aliphatic carbocycles. The predicted octanol–water partition coefficient (Wildman–Crippen LogP) is 5.71. The normalized spacial score (nSPS) is 18.6. The van der Waals surface area contributed by atoms with E-state index >= 15 is 0 Å². The Bertz CT molecular complexity index is 1550. The Morgan fingerprint density at radius 3 is 2.79 bits per heavy atom. The Kier molecular flexibility index (Phi) is 8.52. The number of nitriles is 1. The number of likely N-dealkylation sites (tertiary alicyclic amines) is 1. The van der Waals surface area contributed by atoms with Crippen LogP contribution < -0.4 is 11.1 Å². The van der Waals surface area contributed by atoms with Gasteiger partial charge in [-0.15, -0.1) is 0 Å². The van der Waals surface area contributed by atoms with Gasteiger partial charge in [-0.05, 0) is 48.9 Å². The summed E-state index contributed by atoms with van der Waals surface area (Å²) in [5.41, 5.74) is 11.2. The highest BCUT2D eigenvalue weighted by atomic mass is 15.3. The van der Waals surface area contributed by atoms with Crippen molar-refractivity contribution in [3.63, 3.8) is 0 Å². The van der Waals surface area contributed by atoms with Crippen molar-refractivity contribution >= 4 is 17.5 Å². The van der Waals surface area contributed by atoms with Gasteiger partial charge in [0.2, 0.25) is 5.95 Å². The van der Waals surface area contributed by atoms with Crippen LogP contribution in [0.25, 0.3) is 11.3 Å². The summed E-state index contributed by atoms with van der Waals surface area (Å²) in [5, 5.41) is 17.3. The maximum Gasteiger partial charge on any atom is 0.227 e. The minimum Gasteiger partial charge on any atom is -0.383 e. The average Bonchev–Trinajstić information content (AvgIpc) is 3.80. The lowest BCUT2D eigenvalue weighted by atomic mass is 9.96. The number of aromatic nitrogens is 4. The van der Waals surface area contributed by atoms with Crippen LogP contribution in [0.3, 0.4) is 0 Å². The lowest BCUT2D eigenvalue weighted by Gasteiger charge is -2.21. The minimum absolute atomic E-state index is 0.108. The number of nitrogens with two attached hydrogens (primary N) is 1. The molecule has 0 bridgehead atoms. The molecule has 1 saturated heterocycles. The Balaban J connectivity index is 1.11. The van der Waals surface area contributed by atoms with Gasteiger partial charge in [0.25, 0.3) is 0 Å². The first-order valence-electron chi connectivity index (χ1n) is 14.9. The van der Waals surface area contributed by atoms with Crippen molar-refractivity contribution in [3.05, 3.63) is 90.4 Å². The summed E-state index contributed by atoms with van der Waals surface area (Å²) in [6, 6.07) is 23.0. The molecule has 9 nitrogen and oxygen atoms in total. The van der Waals surface area contributed by atoms with Crippen LogP contribution in [0.5, 0.6) is 0 Å². The van der Waals surface area contributed by atoms with Crippen molar-refractivity contribution in [2.75, 3.05) is 18.4 Å². The van der Waals surface area contributed by atoms with Crippen LogP contribution in [-0.2, 0) is 6.54 Å². The first-order chi connectivity index (χ1) is 20.6. The maximum atomic E-state index is 9.41. The molecular formula is C33H37N9. The number of hydrogen-bond donors (Lipinski definition) is 2. The van der Waals surface area contributed by atoms with Crippen molar-refractivity contribution in [3.8, 4) is 17.3 Å². The van der Waals surface area contributed by atoms with E-state index in [4.69, 9.17) is 15.7 Å². The molecule has 2 aliphatic rings. The van der Waals surface area contributed by atoms with E-state index in [1.54, 1.807) is 6.20 Å². The van der Waals surface area contributed by atoms with Crippen LogP contribution in [0.2, 0.25) is 0 Å². The zero-order valence-corrected chi connectivity index (χ0v) is 23.8. The van der Waals surface area contributed by atoms with Crippen molar-refractivity contribution in [1.82, 2.24) is 24.6 Å². The highest BCUT2D eigenvalue weighted by molar-refractivity contribution is 5.98. The summed E-state index contributed by atoms with van der Waals surface area (Å²) in [7, 11) is 0. The van der Waals surface area contributed by atoms with Gasteiger partial charge >= 0.3 is 0 Å². The van der Waals surface area contributed by atoms with E-state index in [2.05, 4.69) is 50.6 Å². The van der Waals surface area contributed by atoms with Gasteiger partial charge < -0.3 is 11.1 Å². The number of rotatable bonds is 10. The fraction of sp³-hybridized carbons (Fsp3) is 0.364. The van der Waals surface area contributed by atoms with Gasteiger partial charge in [-0.1, -0.05) is 55.3 Å². The topological polar surface area (TPSA) is 121 Å². The fourth-order valence-corrected chi connectivity index (χ4v) is 6.20. The second-order valence-corrected chi connectivity index (χ2v) is 11.3. The second-order valence-electron chi connectivity index (χ2n) is 11.3. The molecule has 0 radical (unpaired) electrons. The molecule has 2 aromatic carbocycles. The number of hydrogen-bond acceptors (Lipinski definition) is 7. The van der Waals surface area contributed by atoms with E-state index in [0.29, 0.717) is 24.1 Å². The molecule has 2 unspecified atom stereocenters. The van der Waals surface area contributed by atoms with Crippen molar-refractivity contribution < 1.29 is 0 Å². The fourth-order valence-electron chi connectivity index (χ4n) is 6.20. The zero-order valence-electron chi connectivity index (χ0n) is 23.8. The van der Waals surface area contributed by atoms with Gasteiger partial charge in [-0.25, -0.2) is 9.97 Å². The number of aliphatic imine (C=N–C) groups is 1. The molecule has 4 aromatic rings. The summed E-state index contributed by atoms with van der Waals surface area (Å²) < 4.78 is 1.96. The van der Waals surface area contributed by atoms with Crippen molar-refractivity contribution in [2.45, 2.75) is 57.2 Å². The maximum absolute atomic E-state index is 9.41. The molecule has 0 spiro atoms. The molecule has 6 rings (SSSR count). The van der Waals surface area contributed by atoms with Gasteiger partial charge in [0.15, 0.2) is 0 Å². The highest BCUT2D eigenvalue weighted by Gasteiger charge is 2.27. The molecule has 1 aliphatic heterocycles. The number of nitrogens with one attached hydrogen (secondary N) is 1. The third-order valence-corrected chi connectivity index (χ3v) is 8.37. The molecular weight excluding hydrogens is 522 g/mol. The van der Waals surface area contributed by atoms with E-state index in [1.807, 2.05) is 53.5 Å². The Morgan fingerprint density at radius 2 is 1.95 bits per heavy atom. The lowest BCUT2D eigenvalue weighted by molar-refractivity contribution is 0.315. The molecule has 3 N–H and O–H groups in total. The molecule has 2 aromatic heterocycles. The molecule has 42 heavy (non-hydrogen) atoms. The van der Waals surface area contributed by atoms with Crippen LogP contribution >= 0.6 is 0 Å². The molecule has 214 valence electrons. The molecule has 2 atom stereocenters. The molecule has 3 heterocycles. The van der Waals surface area contributed by atoms with E-state index in [1.165, 1.54) is 18.4 Å². The van der Waals surface area contributed by atoms with Gasteiger partial charge in [0.1, 0.15) is 5.84 Å². The van der Waals surface area contributed by atoms with Gasteiger partial charge in [-0.3, -0.25) is 14.6 Å². The summed E-state index contributed by atoms with van der Waals surface area (Å²) in [6.07, 6.45) is 11.8. The molecule has 2 fully saturated rings. The quantitative estimate of drug-likeness (QED) is 0.189. The Labute approximate surface area is 247 Å². The monoisotopic (exact) mass is 559 g/mol. The van der Waals surface area contributed by atoms with Crippen LogP contribution in [-0.4, -0.2) is 49.6 Å². The number of nitrogens with zero attached hydrogens (tertiary/aromatic N) is 7. The van der Waals surface area contributed by atoms with E-state index in [9.17, 15) is 5.26 Å².